The van der Waals surface area contributed by atoms with Crippen LogP contribution in [0.15, 0.2) is 30.3 Å². The first-order valence-electron chi connectivity index (χ1n) is 11.2. The van der Waals surface area contributed by atoms with Gasteiger partial charge < -0.3 is 10.0 Å². The number of nitrogens with one attached hydrogen (secondary N) is 1. The molecule has 178 valence electrons. The summed E-state index contributed by atoms with van der Waals surface area (Å²) in [5, 5.41) is 21.0. The van der Waals surface area contributed by atoms with Gasteiger partial charge in [0.15, 0.2) is 0 Å². The van der Waals surface area contributed by atoms with Gasteiger partial charge in [-0.05, 0) is 61.1 Å². The monoisotopic (exact) mass is 470 g/mol. The maximum absolute atomic E-state index is 13.7. The third-order valence-corrected chi connectivity index (χ3v) is 6.15. The molecule has 0 saturated carbocycles. The van der Waals surface area contributed by atoms with E-state index in [4.69, 9.17) is 0 Å². The van der Waals surface area contributed by atoms with Crippen molar-refractivity contribution >= 4 is 38.9 Å². The van der Waals surface area contributed by atoms with Crippen LogP contribution in [0.2, 0.25) is 0 Å². The molecule has 3 N–H and O–H groups in total. The molecule has 0 aliphatic rings. The third kappa shape index (κ3) is 6.66. The minimum absolute atomic E-state index is 0.230. The Morgan fingerprint density at radius 2 is 1.64 bits per heavy atom. The molecule has 2 amide bonds. The second-order valence-electron chi connectivity index (χ2n) is 9.84. The second-order valence-corrected chi connectivity index (χ2v) is 10.5. The number of nitrogens with zero attached hydrogens (tertiary/aromatic N) is 1. The molecule has 2 rings (SSSR count). The van der Waals surface area contributed by atoms with E-state index in [0.717, 1.165) is 24.0 Å². The molecule has 0 aliphatic heterocycles. The van der Waals surface area contributed by atoms with Gasteiger partial charge in [-0.15, -0.1) is 9.24 Å². The van der Waals surface area contributed by atoms with Gasteiger partial charge in [0.25, 0.3) is 11.8 Å². The van der Waals surface area contributed by atoms with E-state index >= 15 is 0 Å². The Bertz CT molecular complexity index is 990. The van der Waals surface area contributed by atoms with Gasteiger partial charge in [-0.2, -0.15) is 0 Å². The molecule has 0 bridgehead atoms. The molecular weight excluding hydrogens is 434 g/mol. The first-order chi connectivity index (χ1) is 15.3. The number of aryl methyl sites for hydroxylation is 3. The van der Waals surface area contributed by atoms with E-state index in [1.807, 2.05) is 32.0 Å². The third-order valence-electron chi connectivity index (χ3n) is 5.70. The van der Waals surface area contributed by atoms with E-state index in [0.29, 0.717) is 27.5 Å². The van der Waals surface area contributed by atoms with Crippen molar-refractivity contribution in [2.45, 2.75) is 67.3 Å². The van der Waals surface area contributed by atoms with Crippen molar-refractivity contribution in [1.82, 2.24) is 10.4 Å². The lowest BCUT2D eigenvalue weighted by atomic mass is 9.79. The summed E-state index contributed by atoms with van der Waals surface area (Å²) in [7, 11) is 0.845. The predicted molar refractivity (Wildman–Crippen MR) is 138 cm³/mol. The molecule has 2 unspecified atom stereocenters. The lowest BCUT2D eigenvalue weighted by Gasteiger charge is -2.40. The predicted octanol–water partition coefficient (Wildman–Crippen LogP) is 2.79. The Labute approximate surface area is 200 Å². The fraction of sp³-hybridized carbons (Fsp3) is 0.440. The molecule has 6 nitrogen and oxygen atoms in total. The number of hydrazine groups is 1. The zero-order valence-electron chi connectivity index (χ0n) is 20.7. The minimum atomic E-state index is -1.63. The van der Waals surface area contributed by atoms with E-state index in [2.05, 4.69) is 42.4 Å². The zero-order valence-corrected chi connectivity index (χ0v) is 21.8. The number of hydrogen-bond acceptors (Lipinski definition) is 4. The normalized spacial score (nSPS) is 12.3. The number of benzene rings is 2. The van der Waals surface area contributed by atoms with Crippen molar-refractivity contribution in [3.63, 3.8) is 0 Å². The average Bonchev–Trinajstić information content (AvgIpc) is 2.67. The van der Waals surface area contributed by atoms with Crippen molar-refractivity contribution in [2.24, 2.45) is 5.41 Å². The van der Waals surface area contributed by atoms with Crippen molar-refractivity contribution in [3.8, 4) is 0 Å². The molecule has 0 aliphatic carbocycles. The lowest BCUT2D eigenvalue weighted by molar-refractivity contribution is 0.0271. The molecule has 2 atom stereocenters. The molecular formula is C25H36BN2O4P. The largest absolute Gasteiger partial charge is 0.488 e. The topological polar surface area (TPSA) is 89.9 Å². The Morgan fingerprint density at radius 3 is 2.09 bits per heavy atom. The number of carbonyl (C=O) groups is 2. The summed E-state index contributed by atoms with van der Waals surface area (Å²) < 4.78 is 0. The smallest absolute Gasteiger partial charge is 0.423 e. The van der Waals surface area contributed by atoms with Gasteiger partial charge in [0.05, 0.1) is 11.6 Å². The zero-order chi connectivity index (χ0) is 25.1. The van der Waals surface area contributed by atoms with Crippen LogP contribution in [0.25, 0.3) is 0 Å². The molecule has 8 heteroatoms. The van der Waals surface area contributed by atoms with Crippen molar-refractivity contribution in [2.75, 3.05) is 0 Å². The number of amides is 2. The van der Waals surface area contributed by atoms with Crippen LogP contribution in [0, 0.1) is 26.2 Å². The molecule has 0 fully saturated rings. The van der Waals surface area contributed by atoms with Gasteiger partial charge in [0, 0.05) is 5.56 Å². The fourth-order valence-electron chi connectivity index (χ4n) is 4.20. The highest BCUT2D eigenvalue weighted by atomic mass is 31.0. The number of rotatable bonds is 6. The Hall–Kier alpha value is -2.21. The van der Waals surface area contributed by atoms with Gasteiger partial charge in [-0.25, -0.2) is 5.01 Å². The van der Waals surface area contributed by atoms with Crippen LogP contribution in [0.3, 0.4) is 0 Å². The van der Waals surface area contributed by atoms with Crippen molar-refractivity contribution in [3.05, 3.63) is 58.1 Å². The van der Waals surface area contributed by atoms with Gasteiger partial charge in [0.1, 0.15) is 0 Å². The quantitative estimate of drug-likeness (QED) is 0.344. The van der Waals surface area contributed by atoms with Crippen LogP contribution < -0.4 is 16.2 Å². The standard InChI is InChI=1S/C25H36BN2O4P/c1-8-9-21(25(5,6)7)28(24(30)18-11-15(2)10-16(3)12-18)27-23(29)22-17(4)13-19(26(31)32)14-20(22)33/h10-14,21,31-32H,8-9,33H2,1-7H3,(H,27,29). The first kappa shape index (κ1) is 27.0. The maximum atomic E-state index is 13.7. The summed E-state index contributed by atoms with van der Waals surface area (Å²) in [6.07, 6.45) is 1.58. The molecule has 0 saturated heterocycles. The van der Waals surface area contributed by atoms with E-state index < -0.39 is 13.0 Å². The van der Waals surface area contributed by atoms with E-state index in [1.165, 1.54) is 5.01 Å². The molecule has 0 spiro atoms. The molecule has 0 aromatic heterocycles. The van der Waals surface area contributed by atoms with Crippen LogP contribution in [0.5, 0.6) is 0 Å². The first-order valence-corrected chi connectivity index (χ1v) is 11.8. The van der Waals surface area contributed by atoms with Crippen molar-refractivity contribution < 1.29 is 19.6 Å². The van der Waals surface area contributed by atoms with Gasteiger partial charge in [-0.3, -0.25) is 15.0 Å². The summed E-state index contributed by atoms with van der Waals surface area (Å²) in [5.41, 5.74) is 6.38. The highest BCUT2D eigenvalue weighted by molar-refractivity contribution is 7.27. The molecule has 0 radical (unpaired) electrons. The molecule has 0 heterocycles. The van der Waals surface area contributed by atoms with Crippen LogP contribution in [0.1, 0.15) is 77.9 Å². The van der Waals surface area contributed by atoms with E-state index in [-0.39, 0.29) is 17.4 Å². The maximum Gasteiger partial charge on any atom is 0.488 e. The Balaban J connectivity index is 2.54. The SMILES string of the molecule is CCCC(N(NC(=O)c1c(C)cc(B(O)O)cc1P)C(=O)c1cc(C)cc(C)c1)C(C)(C)C. The summed E-state index contributed by atoms with van der Waals surface area (Å²) in [5.74, 6) is -0.673. The van der Waals surface area contributed by atoms with E-state index in [9.17, 15) is 19.6 Å². The summed E-state index contributed by atoms with van der Waals surface area (Å²) >= 11 is 0. The molecule has 2 aromatic rings. The van der Waals surface area contributed by atoms with Crippen LogP contribution >= 0.6 is 9.24 Å². The molecule has 2 aromatic carbocycles. The van der Waals surface area contributed by atoms with Gasteiger partial charge in [0.2, 0.25) is 0 Å². The number of hydrogen-bond donors (Lipinski definition) is 3. The van der Waals surface area contributed by atoms with Crippen LogP contribution in [-0.2, 0) is 0 Å². The van der Waals surface area contributed by atoms with Gasteiger partial charge >= 0.3 is 7.12 Å². The lowest BCUT2D eigenvalue weighted by Crippen LogP contribution is -2.56. The van der Waals surface area contributed by atoms with E-state index in [1.54, 1.807) is 19.1 Å². The highest BCUT2D eigenvalue weighted by Gasteiger charge is 2.35. The minimum Gasteiger partial charge on any atom is -0.423 e. The Morgan fingerprint density at radius 1 is 1.06 bits per heavy atom. The highest BCUT2D eigenvalue weighted by Crippen LogP contribution is 2.29. The van der Waals surface area contributed by atoms with Gasteiger partial charge in [-0.1, -0.05) is 63.4 Å². The van der Waals surface area contributed by atoms with Crippen molar-refractivity contribution in [1.29, 1.82) is 0 Å². The fourth-order valence-corrected chi connectivity index (χ4v) is 4.75. The summed E-state index contributed by atoms with van der Waals surface area (Å²) in [6, 6.07) is 8.56. The summed E-state index contributed by atoms with van der Waals surface area (Å²) in [6.45, 7) is 13.9. The second kappa shape index (κ2) is 10.8. The van der Waals surface area contributed by atoms with Crippen LogP contribution in [0.4, 0.5) is 0 Å². The number of carbonyl (C=O) groups excluding carboxylic acids is 2. The average molecular weight is 470 g/mol. The summed E-state index contributed by atoms with van der Waals surface area (Å²) in [4.78, 5) is 27.2. The molecule has 33 heavy (non-hydrogen) atoms. The van der Waals surface area contributed by atoms with Crippen LogP contribution in [-0.4, -0.2) is 40.0 Å². The Kier molecular flexibility index (Phi) is 8.86.